The van der Waals surface area contributed by atoms with Gasteiger partial charge in [0.25, 0.3) is 0 Å². The molecule has 2 bridgehead atoms. The van der Waals surface area contributed by atoms with Crippen LogP contribution in [0.2, 0.25) is 0 Å². The van der Waals surface area contributed by atoms with Gasteiger partial charge in [-0.2, -0.15) is 0 Å². The Balaban J connectivity index is 1.25. The molecule has 4 nitrogen and oxygen atoms in total. The van der Waals surface area contributed by atoms with Gasteiger partial charge in [-0.25, -0.2) is 0 Å². The smallest absolute Gasteiger partial charge is 0.186 e. The van der Waals surface area contributed by atoms with Crippen molar-refractivity contribution < 1.29 is 14.2 Å². The molecule has 0 aromatic carbocycles. The normalized spacial score (nSPS) is 48.9. The molecule has 5 fully saturated rings. The van der Waals surface area contributed by atoms with Gasteiger partial charge in [0, 0.05) is 6.42 Å². The number of epoxide rings is 1. The summed E-state index contributed by atoms with van der Waals surface area (Å²) in [6, 6.07) is 0. The van der Waals surface area contributed by atoms with E-state index in [2.05, 4.69) is 0 Å². The zero-order chi connectivity index (χ0) is 12.1. The summed E-state index contributed by atoms with van der Waals surface area (Å²) in [5.74, 6) is 1.29. The topological polar surface area (TPSA) is 54.8 Å². The lowest BCUT2D eigenvalue weighted by Crippen LogP contribution is -2.50. The molecule has 0 radical (unpaired) electrons. The molecule has 6 unspecified atom stereocenters. The lowest BCUT2D eigenvalue weighted by Gasteiger charge is -2.46. The lowest BCUT2D eigenvalue weighted by atomic mass is 9.80. The summed E-state index contributed by atoms with van der Waals surface area (Å²) in [7, 11) is 0. The van der Waals surface area contributed by atoms with E-state index in [1.54, 1.807) is 0 Å². The average Bonchev–Trinajstić information content (AvgIpc) is 3.13. The maximum absolute atomic E-state index is 8.08. The van der Waals surface area contributed by atoms with Crippen molar-refractivity contribution in [3.05, 3.63) is 0 Å². The Hall–Kier alpha value is -0.610. The molecule has 0 aromatic rings. The molecule has 2 saturated carbocycles. The van der Waals surface area contributed by atoms with Crippen molar-refractivity contribution in [1.29, 1.82) is 5.41 Å². The van der Waals surface area contributed by atoms with Gasteiger partial charge in [0.15, 0.2) is 5.90 Å². The molecule has 0 spiro atoms. The molecule has 5 aliphatic rings. The minimum absolute atomic E-state index is 0.225. The van der Waals surface area contributed by atoms with Crippen molar-refractivity contribution in [1.82, 2.24) is 0 Å². The zero-order valence-corrected chi connectivity index (χ0v) is 10.6. The van der Waals surface area contributed by atoms with E-state index in [9.17, 15) is 0 Å². The molecule has 1 N–H and O–H groups in total. The van der Waals surface area contributed by atoms with Gasteiger partial charge in [-0.3, -0.25) is 5.41 Å². The minimum Gasteiger partial charge on any atom is -0.481 e. The van der Waals surface area contributed by atoms with Crippen molar-refractivity contribution in [3.8, 4) is 0 Å². The maximum atomic E-state index is 8.08. The summed E-state index contributed by atoms with van der Waals surface area (Å²) in [6.07, 6.45) is 8.65. The van der Waals surface area contributed by atoms with E-state index in [1.165, 1.54) is 12.8 Å². The van der Waals surface area contributed by atoms with Gasteiger partial charge in [0.2, 0.25) is 0 Å². The molecule has 18 heavy (non-hydrogen) atoms. The molecule has 0 aromatic heterocycles. The molecule has 0 amide bonds. The van der Waals surface area contributed by atoms with E-state index in [1.807, 2.05) is 0 Å². The molecule has 2 aliphatic carbocycles. The first-order valence-electron chi connectivity index (χ1n) is 7.32. The van der Waals surface area contributed by atoms with E-state index in [-0.39, 0.29) is 12.0 Å². The Morgan fingerprint density at radius 3 is 2.61 bits per heavy atom. The summed E-state index contributed by atoms with van der Waals surface area (Å²) in [5, 5.41) is 8.08. The van der Waals surface area contributed by atoms with E-state index >= 15 is 0 Å². The van der Waals surface area contributed by atoms with E-state index in [0.29, 0.717) is 36.7 Å². The van der Waals surface area contributed by atoms with E-state index < -0.39 is 0 Å². The van der Waals surface area contributed by atoms with Gasteiger partial charge < -0.3 is 14.2 Å². The Morgan fingerprint density at radius 2 is 1.89 bits per heavy atom. The summed E-state index contributed by atoms with van der Waals surface area (Å²) in [5.41, 5.74) is 0. The van der Waals surface area contributed by atoms with Crippen molar-refractivity contribution >= 4 is 5.90 Å². The zero-order valence-electron chi connectivity index (χ0n) is 10.6. The van der Waals surface area contributed by atoms with Crippen LogP contribution in [-0.2, 0) is 14.2 Å². The third-order valence-corrected chi connectivity index (χ3v) is 5.03. The number of rotatable bonds is 3. The van der Waals surface area contributed by atoms with Gasteiger partial charge in [0.1, 0.15) is 0 Å². The standard InChI is InChI=1S/C14H21NO3/c15-14(10-3-2-9-6-12(10)17-9)16-7-8-1-4-11-13(5-8)18-11/h8-13,15H,1-7H2. The number of hydrogen-bond acceptors (Lipinski definition) is 4. The van der Waals surface area contributed by atoms with Crippen LogP contribution in [0.1, 0.15) is 38.5 Å². The highest BCUT2D eigenvalue weighted by molar-refractivity contribution is 5.76. The Morgan fingerprint density at radius 1 is 1.00 bits per heavy atom. The predicted molar refractivity (Wildman–Crippen MR) is 65.7 cm³/mol. The first-order chi connectivity index (χ1) is 8.79. The second-order valence-electron chi connectivity index (χ2n) is 6.28. The first kappa shape index (κ1) is 11.2. The molecular weight excluding hydrogens is 230 g/mol. The second kappa shape index (κ2) is 4.20. The Kier molecular flexibility index (Phi) is 2.62. The number of hydrogen-bond donors (Lipinski definition) is 1. The van der Waals surface area contributed by atoms with Crippen LogP contribution < -0.4 is 0 Å². The molecule has 3 saturated heterocycles. The van der Waals surface area contributed by atoms with Crippen LogP contribution in [0.4, 0.5) is 0 Å². The van der Waals surface area contributed by atoms with E-state index in [0.717, 1.165) is 25.7 Å². The SMILES string of the molecule is N=C(OCC1CCC2OC2C1)C1CCC2CC1O2. The highest BCUT2D eigenvalue weighted by atomic mass is 16.6. The van der Waals surface area contributed by atoms with Crippen LogP contribution in [0.3, 0.4) is 0 Å². The van der Waals surface area contributed by atoms with Crippen molar-refractivity contribution in [2.45, 2.75) is 62.9 Å². The third-order valence-electron chi connectivity index (χ3n) is 5.03. The fraction of sp³-hybridized carbons (Fsp3) is 0.929. The van der Waals surface area contributed by atoms with Gasteiger partial charge in [-0.05, 0) is 38.0 Å². The fourth-order valence-electron chi connectivity index (χ4n) is 3.74. The molecular formula is C14H21NO3. The van der Waals surface area contributed by atoms with Crippen molar-refractivity contribution in [2.75, 3.05) is 6.61 Å². The summed E-state index contributed by atoms with van der Waals surface area (Å²) < 4.78 is 16.9. The molecule has 3 heterocycles. The minimum atomic E-state index is 0.225. The summed E-state index contributed by atoms with van der Waals surface area (Å²) in [4.78, 5) is 0. The van der Waals surface area contributed by atoms with Crippen molar-refractivity contribution in [3.63, 3.8) is 0 Å². The van der Waals surface area contributed by atoms with Crippen LogP contribution in [0, 0.1) is 17.2 Å². The highest BCUT2D eigenvalue weighted by Gasteiger charge is 2.45. The van der Waals surface area contributed by atoms with Crippen LogP contribution in [0.25, 0.3) is 0 Å². The summed E-state index contributed by atoms with van der Waals surface area (Å²) in [6.45, 7) is 0.706. The molecule has 5 rings (SSSR count). The quantitative estimate of drug-likeness (QED) is 0.475. The third kappa shape index (κ3) is 1.95. The van der Waals surface area contributed by atoms with Gasteiger partial charge in [-0.1, -0.05) is 0 Å². The van der Waals surface area contributed by atoms with Crippen molar-refractivity contribution in [2.24, 2.45) is 11.8 Å². The molecule has 6 atom stereocenters. The van der Waals surface area contributed by atoms with Gasteiger partial charge >= 0.3 is 0 Å². The first-order valence-corrected chi connectivity index (χ1v) is 7.32. The van der Waals surface area contributed by atoms with E-state index in [4.69, 9.17) is 19.6 Å². The van der Waals surface area contributed by atoms with Gasteiger partial charge in [-0.15, -0.1) is 0 Å². The second-order valence-corrected chi connectivity index (χ2v) is 6.28. The number of ether oxygens (including phenoxy) is 3. The molecule has 4 heteroatoms. The largest absolute Gasteiger partial charge is 0.481 e. The maximum Gasteiger partial charge on any atom is 0.186 e. The van der Waals surface area contributed by atoms with Crippen LogP contribution >= 0.6 is 0 Å². The van der Waals surface area contributed by atoms with Gasteiger partial charge in [0.05, 0.1) is 36.9 Å². The van der Waals surface area contributed by atoms with Crippen LogP contribution in [-0.4, -0.2) is 36.9 Å². The molecule has 100 valence electrons. The molecule has 3 aliphatic heterocycles. The Labute approximate surface area is 107 Å². The van der Waals surface area contributed by atoms with Crippen LogP contribution in [0.15, 0.2) is 0 Å². The number of fused-ring (bicyclic) bond motifs is 3. The fourth-order valence-corrected chi connectivity index (χ4v) is 3.74. The monoisotopic (exact) mass is 251 g/mol. The summed E-state index contributed by atoms with van der Waals surface area (Å²) >= 11 is 0. The van der Waals surface area contributed by atoms with Crippen LogP contribution in [0.5, 0.6) is 0 Å². The highest BCUT2D eigenvalue weighted by Crippen LogP contribution is 2.41. The predicted octanol–water partition coefficient (Wildman–Crippen LogP) is 2.12. The number of nitrogens with one attached hydrogen (secondary N) is 1. The Bertz CT molecular complexity index is 350. The average molecular weight is 251 g/mol. The lowest BCUT2D eigenvalue weighted by molar-refractivity contribution is -0.174.